The molecule has 178 valence electrons. The summed E-state index contributed by atoms with van der Waals surface area (Å²) in [5.41, 5.74) is 3.71. The molecule has 6 heteroatoms. The van der Waals surface area contributed by atoms with Gasteiger partial charge in [0.15, 0.2) is 0 Å². The van der Waals surface area contributed by atoms with E-state index in [4.69, 9.17) is 9.47 Å². The van der Waals surface area contributed by atoms with E-state index < -0.39 is 0 Å². The van der Waals surface area contributed by atoms with Crippen molar-refractivity contribution in [2.75, 3.05) is 46.5 Å². The molecule has 1 atom stereocenters. The largest absolute Gasteiger partial charge is 0.497 e. The van der Waals surface area contributed by atoms with Gasteiger partial charge in [-0.05, 0) is 48.2 Å². The number of amides is 1. The van der Waals surface area contributed by atoms with E-state index in [1.165, 1.54) is 24.0 Å². The summed E-state index contributed by atoms with van der Waals surface area (Å²) in [7, 11) is 1.69. The summed E-state index contributed by atoms with van der Waals surface area (Å²) in [6.07, 6.45) is 4.65. The molecule has 2 heterocycles. The maximum absolute atomic E-state index is 12.8. The van der Waals surface area contributed by atoms with Gasteiger partial charge in [0, 0.05) is 32.2 Å². The van der Waals surface area contributed by atoms with E-state index in [1.807, 2.05) is 12.1 Å². The van der Waals surface area contributed by atoms with Crippen LogP contribution in [-0.4, -0.2) is 62.2 Å². The van der Waals surface area contributed by atoms with Crippen LogP contribution in [0.3, 0.4) is 0 Å². The van der Waals surface area contributed by atoms with Gasteiger partial charge in [-0.25, -0.2) is 0 Å². The molecule has 2 fully saturated rings. The first-order valence-electron chi connectivity index (χ1n) is 12.2. The fourth-order valence-corrected chi connectivity index (χ4v) is 4.78. The molecule has 2 aliphatic heterocycles. The number of nitrogens with zero attached hydrogens (tertiary/aromatic N) is 2. The van der Waals surface area contributed by atoms with E-state index in [0.29, 0.717) is 13.1 Å². The lowest BCUT2D eigenvalue weighted by Crippen LogP contribution is -2.39. The van der Waals surface area contributed by atoms with Gasteiger partial charge in [0.2, 0.25) is 5.91 Å². The van der Waals surface area contributed by atoms with Crippen molar-refractivity contribution in [2.24, 2.45) is 0 Å². The highest BCUT2D eigenvalue weighted by molar-refractivity contribution is 5.78. The summed E-state index contributed by atoms with van der Waals surface area (Å²) in [6.45, 7) is 6.54. The van der Waals surface area contributed by atoms with Crippen molar-refractivity contribution in [3.05, 3.63) is 65.2 Å². The molecule has 2 aromatic carbocycles. The van der Waals surface area contributed by atoms with Gasteiger partial charge in [-0.15, -0.1) is 0 Å². The zero-order valence-electron chi connectivity index (χ0n) is 19.8. The van der Waals surface area contributed by atoms with Crippen LogP contribution < -0.4 is 10.1 Å². The van der Waals surface area contributed by atoms with Crippen molar-refractivity contribution in [3.63, 3.8) is 0 Å². The van der Waals surface area contributed by atoms with Gasteiger partial charge >= 0.3 is 0 Å². The topological polar surface area (TPSA) is 54.0 Å². The first-order chi connectivity index (χ1) is 16.2. The molecule has 0 radical (unpaired) electrons. The molecule has 0 saturated carbocycles. The van der Waals surface area contributed by atoms with Crippen LogP contribution in [0.1, 0.15) is 48.4 Å². The number of hydrogen-bond donors (Lipinski definition) is 1. The highest BCUT2D eigenvalue weighted by Crippen LogP contribution is 2.30. The molecule has 2 saturated heterocycles. The molecule has 2 aromatic rings. The SMILES string of the molecule is COc1ccc(C2CCCCCN2CC(=O)NCc2ccc(CN3CCOCC3)cc2)cc1. The minimum atomic E-state index is 0.0906. The van der Waals surface area contributed by atoms with Crippen molar-refractivity contribution in [1.82, 2.24) is 15.1 Å². The van der Waals surface area contributed by atoms with Gasteiger partial charge in [-0.3, -0.25) is 14.6 Å². The Labute approximate surface area is 197 Å². The molecule has 33 heavy (non-hydrogen) atoms. The average molecular weight is 452 g/mol. The Bertz CT molecular complexity index is 863. The summed E-state index contributed by atoms with van der Waals surface area (Å²) in [6, 6.07) is 17.2. The van der Waals surface area contributed by atoms with Crippen molar-refractivity contribution < 1.29 is 14.3 Å². The number of nitrogens with one attached hydrogen (secondary N) is 1. The van der Waals surface area contributed by atoms with Crippen LogP contribution in [0.2, 0.25) is 0 Å². The van der Waals surface area contributed by atoms with Gasteiger partial charge in [-0.2, -0.15) is 0 Å². The Morgan fingerprint density at radius 1 is 0.970 bits per heavy atom. The number of carbonyl (C=O) groups excluding carboxylic acids is 1. The number of morpholine rings is 1. The van der Waals surface area contributed by atoms with Crippen LogP contribution in [0.4, 0.5) is 0 Å². The maximum Gasteiger partial charge on any atom is 0.234 e. The third-order valence-electron chi connectivity index (χ3n) is 6.73. The number of benzene rings is 2. The molecular weight excluding hydrogens is 414 g/mol. The predicted octanol–water partition coefficient (Wildman–Crippen LogP) is 3.76. The van der Waals surface area contributed by atoms with E-state index in [1.54, 1.807) is 7.11 Å². The summed E-state index contributed by atoms with van der Waals surface area (Å²) < 4.78 is 10.7. The number of rotatable bonds is 8. The summed E-state index contributed by atoms with van der Waals surface area (Å²) in [5.74, 6) is 0.959. The molecule has 2 aliphatic rings. The van der Waals surface area contributed by atoms with E-state index in [9.17, 15) is 4.79 Å². The first kappa shape index (κ1) is 23.7. The predicted molar refractivity (Wildman–Crippen MR) is 130 cm³/mol. The number of methoxy groups -OCH3 is 1. The van der Waals surface area contributed by atoms with E-state index in [2.05, 4.69) is 51.5 Å². The molecule has 1 unspecified atom stereocenters. The normalized spacial score (nSPS) is 20.2. The second kappa shape index (κ2) is 12.2. The highest BCUT2D eigenvalue weighted by atomic mass is 16.5. The van der Waals surface area contributed by atoms with Gasteiger partial charge in [0.1, 0.15) is 5.75 Å². The zero-order chi connectivity index (χ0) is 22.9. The maximum atomic E-state index is 12.8. The van der Waals surface area contributed by atoms with Crippen LogP contribution in [-0.2, 0) is 22.6 Å². The second-order valence-electron chi connectivity index (χ2n) is 9.09. The number of carbonyl (C=O) groups is 1. The molecule has 0 aromatic heterocycles. The third-order valence-corrected chi connectivity index (χ3v) is 6.73. The lowest BCUT2D eigenvalue weighted by molar-refractivity contribution is -0.123. The van der Waals surface area contributed by atoms with Crippen molar-refractivity contribution in [2.45, 2.75) is 44.8 Å². The number of ether oxygens (including phenoxy) is 2. The van der Waals surface area contributed by atoms with Crippen LogP contribution in [0, 0.1) is 0 Å². The Kier molecular flexibility index (Phi) is 8.75. The molecule has 4 rings (SSSR count). The van der Waals surface area contributed by atoms with Gasteiger partial charge in [0.05, 0.1) is 26.9 Å². The third kappa shape index (κ3) is 7.03. The van der Waals surface area contributed by atoms with E-state index >= 15 is 0 Å². The minimum Gasteiger partial charge on any atom is -0.497 e. The Morgan fingerprint density at radius 3 is 2.42 bits per heavy atom. The average Bonchev–Trinajstić information content (AvgIpc) is 3.10. The van der Waals surface area contributed by atoms with Crippen LogP contribution in [0.25, 0.3) is 0 Å². The van der Waals surface area contributed by atoms with Crippen LogP contribution in [0.15, 0.2) is 48.5 Å². The first-order valence-corrected chi connectivity index (χ1v) is 12.2. The lowest BCUT2D eigenvalue weighted by Gasteiger charge is -2.30. The number of hydrogen-bond acceptors (Lipinski definition) is 5. The van der Waals surface area contributed by atoms with E-state index in [0.717, 1.165) is 63.5 Å². The van der Waals surface area contributed by atoms with E-state index in [-0.39, 0.29) is 11.9 Å². The summed E-state index contributed by atoms with van der Waals surface area (Å²) in [4.78, 5) is 17.6. The highest BCUT2D eigenvalue weighted by Gasteiger charge is 2.24. The number of likely N-dealkylation sites (tertiary alicyclic amines) is 1. The van der Waals surface area contributed by atoms with Gasteiger partial charge in [-0.1, -0.05) is 49.2 Å². The van der Waals surface area contributed by atoms with Crippen LogP contribution in [0.5, 0.6) is 5.75 Å². The van der Waals surface area contributed by atoms with Crippen molar-refractivity contribution >= 4 is 5.91 Å². The molecule has 1 N–H and O–H groups in total. The summed E-state index contributed by atoms with van der Waals surface area (Å²) >= 11 is 0. The van der Waals surface area contributed by atoms with Crippen molar-refractivity contribution in [3.8, 4) is 5.75 Å². The van der Waals surface area contributed by atoms with Crippen molar-refractivity contribution in [1.29, 1.82) is 0 Å². The van der Waals surface area contributed by atoms with Crippen LogP contribution >= 0.6 is 0 Å². The monoisotopic (exact) mass is 451 g/mol. The molecule has 1 amide bonds. The van der Waals surface area contributed by atoms with Gasteiger partial charge < -0.3 is 14.8 Å². The molecule has 0 bridgehead atoms. The fourth-order valence-electron chi connectivity index (χ4n) is 4.78. The zero-order valence-corrected chi connectivity index (χ0v) is 19.8. The standard InChI is InChI=1S/C27H37N3O3/c1-32-25-12-10-24(11-13-25)26-5-3-2-4-14-30(26)21-27(31)28-19-22-6-8-23(9-7-22)20-29-15-17-33-18-16-29/h6-13,26H,2-5,14-21H2,1H3,(H,28,31). The summed E-state index contributed by atoms with van der Waals surface area (Å²) in [5, 5.41) is 3.13. The smallest absolute Gasteiger partial charge is 0.234 e. The lowest BCUT2D eigenvalue weighted by atomic mass is 10.0. The fraction of sp³-hybridized carbons (Fsp3) is 0.519. The Balaban J connectivity index is 1.29. The molecular formula is C27H37N3O3. The quantitative estimate of drug-likeness (QED) is 0.662. The molecule has 0 aliphatic carbocycles. The Hall–Kier alpha value is -2.41. The second-order valence-corrected chi connectivity index (χ2v) is 9.09. The minimum absolute atomic E-state index is 0.0906. The molecule has 6 nitrogen and oxygen atoms in total. The molecule has 0 spiro atoms. The Morgan fingerprint density at radius 2 is 1.70 bits per heavy atom. The van der Waals surface area contributed by atoms with Gasteiger partial charge in [0.25, 0.3) is 0 Å².